The van der Waals surface area contributed by atoms with E-state index in [2.05, 4.69) is 24.0 Å². The summed E-state index contributed by atoms with van der Waals surface area (Å²) in [6.07, 6.45) is 4.82. The first-order valence-corrected chi connectivity index (χ1v) is 7.44. The lowest BCUT2D eigenvalue weighted by Crippen LogP contribution is -2.22. The molecule has 2 heterocycles. The van der Waals surface area contributed by atoms with Gasteiger partial charge in [-0.05, 0) is 37.2 Å². The van der Waals surface area contributed by atoms with E-state index in [1.807, 2.05) is 22.9 Å². The van der Waals surface area contributed by atoms with Crippen LogP contribution in [0.4, 0.5) is 0 Å². The maximum atomic E-state index is 12.5. The second-order valence-corrected chi connectivity index (χ2v) is 5.16. The number of H-pyrrole nitrogens is 1. The fourth-order valence-corrected chi connectivity index (χ4v) is 2.39. The maximum absolute atomic E-state index is 12.5. The third kappa shape index (κ3) is 2.90. The molecule has 0 bridgehead atoms. The van der Waals surface area contributed by atoms with Crippen LogP contribution in [-0.2, 0) is 13.1 Å². The Morgan fingerprint density at radius 3 is 2.80 bits per heavy atom. The van der Waals surface area contributed by atoms with E-state index < -0.39 is 0 Å². The molecule has 0 amide bonds. The highest BCUT2D eigenvalue weighted by atomic mass is 32.1. The first kappa shape index (κ1) is 14.7. The Balaban J connectivity index is 2.49. The van der Waals surface area contributed by atoms with E-state index in [1.54, 1.807) is 4.57 Å². The van der Waals surface area contributed by atoms with Crippen molar-refractivity contribution in [1.82, 2.24) is 19.3 Å². The molecular weight excluding hydrogens is 272 g/mol. The first-order valence-electron chi connectivity index (χ1n) is 7.04. The molecule has 0 spiro atoms. The predicted octanol–water partition coefficient (Wildman–Crippen LogP) is 2.98. The molecule has 0 radical (unpaired) electrons. The molecular formula is C14H20N4OS. The van der Waals surface area contributed by atoms with Crippen LogP contribution in [0.1, 0.15) is 33.1 Å². The van der Waals surface area contributed by atoms with Crippen molar-refractivity contribution in [3.8, 4) is 11.4 Å². The van der Waals surface area contributed by atoms with Gasteiger partial charge in [-0.3, -0.25) is 9.89 Å². The lowest BCUT2D eigenvalue weighted by molar-refractivity contribution is 0.625. The van der Waals surface area contributed by atoms with Gasteiger partial charge in [0.25, 0.3) is 5.56 Å². The van der Waals surface area contributed by atoms with Gasteiger partial charge in [-0.25, -0.2) is 0 Å². The van der Waals surface area contributed by atoms with Crippen LogP contribution in [0.25, 0.3) is 11.4 Å². The molecule has 0 aromatic carbocycles. The van der Waals surface area contributed by atoms with E-state index in [1.165, 1.54) is 0 Å². The summed E-state index contributed by atoms with van der Waals surface area (Å²) in [4.78, 5) is 12.5. The highest BCUT2D eigenvalue weighted by Crippen LogP contribution is 2.14. The van der Waals surface area contributed by atoms with Crippen molar-refractivity contribution >= 4 is 12.2 Å². The number of nitrogens with one attached hydrogen (secondary N) is 1. The summed E-state index contributed by atoms with van der Waals surface area (Å²) in [6, 6.07) is 3.69. The largest absolute Gasteiger partial charge is 0.315 e. The molecule has 20 heavy (non-hydrogen) atoms. The molecule has 2 aromatic rings. The minimum absolute atomic E-state index is 0.0129. The molecule has 1 N–H and O–H groups in total. The van der Waals surface area contributed by atoms with E-state index in [-0.39, 0.29) is 5.56 Å². The van der Waals surface area contributed by atoms with Crippen LogP contribution in [0.5, 0.6) is 0 Å². The van der Waals surface area contributed by atoms with Crippen LogP contribution in [-0.4, -0.2) is 19.3 Å². The molecule has 0 saturated heterocycles. The van der Waals surface area contributed by atoms with Gasteiger partial charge in [-0.2, -0.15) is 5.10 Å². The number of hydrogen-bond donors (Lipinski definition) is 1. The molecule has 0 saturated carbocycles. The zero-order valence-electron chi connectivity index (χ0n) is 11.9. The monoisotopic (exact) mass is 292 g/mol. The van der Waals surface area contributed by atoms with Crippen LogP contribution in [0.2, 0.25) is 0 Å². The molecule has 5 nitrogen and oxygen atoms in total. The van der Waals surface area contributed by atoms with Crippen molar-refractivity contribution < 1.29 is 0 Å². The number of aromatic amines is 1. The summed E-state index contributed by atoms with van der Waals surface area (Å²) in [5.74, 6) is 0.638. The van der Waals surface area contributed by atoms with Gasteiger partial charge >= 0.3 is 0 Å². The van der Waals surface area contributed by atoms with Gasteiger partial charge in [0.15, 0.2) is 10.6 Å². The van der Waals surface area contributed by atoms with E-state index in [4.69, 9.17) is 12.2 Å². The molecule has 0 fully saturated rings. The van der Waals surface area contributed by atoms with Crippen molar-refractivity contribution in [3.05, 3.63) is 33.5 Å². The van der Waals surface area contributed by atoms with E-state index in [0.717, 1.165) is 25.8 Å². The molecule has 2 rings (SSSR count). The van der Waals surface area contributed by atoms with Crippen LogP contribution in [0.3, 0.4) is 0 Å². The second kappa shape index (κ2) is 6.65. The minimum Gasteiger partial charge on any atom is -0.315 e. The highest BCUT2D eigenvalue weighted by Gasteiger charge is 2.13. The average molecular weight is 292 g/mol. The Kier molecular flexibility index (Phi) is 4.89. The number of unbranched alkanes of at least 4 members (excludes halogenated alkanes) is 1. The molecule has 0 aliphatic rings. The average Bonchev–Trinajstić information content (AvgIpc) is 2.80. The summed E-state index contributed by atoms with van der Waals surface area (Å²) < 4.78 is 4.20. The van der Waals surface area contributed by atoms with Gasteiger partial charge in [0.2, 0.25) is 0 Å². The number of hydrogen-bond acceptors (Lipinski definition) is 3. The van der Waals surface area contributed by atoms with Crippen molar-refractivity contribution in [1.29, 1.82) is 0 Å². The summed E-state index contributed by atoms with van der Waals surface area (Å²) in [6.45, 7) is 5.67. The standard InChI is InChI=1S/C14H20N4OS/c1-3-5-10-18-12(15-16-14(18)20)11-7-6-9-17(8-4-2)13(11)19/h6-7,9H,3-5,8,10H2,1-2H3,(H,16,20). The topological polar surface area (TPSA) is 55.6 Å². The van der Waals surface area contributed by atoms with E-state index >= 15 is 0 Å². The molecule has 0 aliphatic carbocycles. The van der Waals surface area contributed by atoms with Crippen molar-refractivity contribution in [3.63, 3.8) is 0 Å². The summed E-state index contributed by atoms with van der Waals surface area (Å²) in [5, 5.41) is 7.02. The lowest BCUT2D eigenvalue weighted by Gasteiger charge is -2.08. The summed E-state index contributed by atoms with van der Waals surface area (Å²) >= 11 is 5.25. The molecule has 0 unspecified atom stereocenters. The Morgan fingerprint density at radius 1 is 1.30 bits per heavy atom. The van der Waals surface area contributed by atoms with Crippen molar-refractivity contribution in [2.24, 2.45) is 0 Å². The smallest absolute Gasteiger partial charge is 0.261 e. The van der Waals surface area contributed by atoms with Gasteiger partial charge in [0, 0.05) is 19.3 Å². The van der Waals surface area contributed by atoms with Gasteiger partial charge in [-0.15, -0.1) is 0 Å². The normalized spacial score (nSPS) is 10.9. The van der Waals surface area contributed by atoms with E-state index in [0.29, 0.717) is 22.7 Å². The van der Waals surface area contributed by atoms with Crippen LogP contribution in [0.15, 0.2) is 23.1 Å². The summed E-state index contributed by atoms with van der Waals surface area (Å²) in [7, 11) is 0. The van der Waals surface area contributed by atoms with Crippen molar-refractivity contribution in [2.45, 2.75) is 46.2 Å². The zero-order valence-corrected chi connectivity index (χ0v) is 12.7. The summed E-state index contributed by atoms with van der Waals surface area (Å²) in [5.41, 5.74) is 0.588. The molecule has 2 aromatic heterocycles. The minimum atomic E-state index is -0.0129. The Morgan fingerprint density at radius 2 is 2.10 bits per heavy atom. The highest BCUT2D eigenvalue weighted by molar-refractivity contribution is 7.71. The fourth-order valence-electron chi connectivity index (χ4n) is 2.17. The lowest BCUT2D eigenvalue weighted by atomic mass is 10.2. The van der Waals surface area contributed by atoms with Crippen LogP contribution >= 0.6 is 12.2 Å². The third-order valence-corrected chi connectivity index (χ3v) is 3.53. The molecule has 0 atom stereocenters. The van der Waals surface area contributed by atoms with Crippen molar-refractivity contribution in [2.75, 3.05) is 0 Å². The molecule has 0 aliphatic heterocycles. The van der Waals surface area contributed by atoms with Gasteiger partial charge in [0.1, 0.15) is 0 Å². The molecule has 6 heteroatoms. The maximum Gasteiger partial charge on any atom is 0.261 e. The van der Waals surface area contributed by atoms with Gasteiger partial charge in [0.05, 0.1) is 5.56 Å². The number of pyridine rings is 1. The molecule has 108 valence electrons. The number of aryl methyl sites for hydroxylation is 1. The Labute approximate surface area is 123 Å². The fraction of sp³-hybridized carbons (Fsp3) is 0.500. The van der Waals surface area contributed by atoms with Gasteiger partial charge < -0.3 is 9.13 Å². The van der Waals surface area contributed by atoms with Crippen LogP contribution < -0.4 is 5.56 Å². The predicted molar refractivity (Wildman–Crippen MR) is 82.3 cm³/mol. The Hall–Kier alpha value is -1.69. The SMILES string of the molecule is CCCCn1c(-c2cccn(CCC)c2=O)n[nH]c1=S. The zero-order chi connectivity index (χ0) is 14.5. The second-order valence-electron chi connectivity index (χ2n) is 4.78. The first-order chi connectivity index (χ1) is 9.69. The van der Waals surface area contributed by atoms with Gasteiger partial charge in [-0.1, -0.05) is 20.3 Å². The number of aromatic nitrogens is 4. The van der Waals surface area contributed by atoms with Crippen LogP contribution in [0, 0.1) is 4.77 Å². The quantitative estimate of drug-likeness (QED) is 0.833. The van der Waals surface area contributed by atoms with E-state index in [9.17, 15) is 4.79 Å². The number of rotatable bonds is 6. The Bertz CT molecular complexity index is 683. The third-order valence-electron chi connectivity index (χ3n) is 3.22. The number of nitrogens with zero attached hydrogens (tertiary/aromatic N) is 3.